The summed E-state index contributed by atoms with van der Waals surface area (Å²) < 4.78 is 20.4. The Morgan fingerprint density at radius 1 is 1.23 bits per heavy atom. The van der Waals surface area contributed by atoms with Crippen LogP contribution >= 0.6 is 0 Å². The highest BCUT2D eigenvalue weighted by Gasteiger charge is 2.38. The summed E-state index contributed by atoms with van der Waals surface area (Å²) in [6.07, 6.45) is 5.75. The summed E-state index contributed by atoms with van der Waals surface area (Å²) in [5, 5.41) is 14.2. The van der Waals surface area contributed by atoms with Crippen molar-refractivity contribution in [1.82, 2.24) is 29.7 Å². The molecule has 10 heteroatoms. The molecule has 0 radical (unpaired) electrons. The van der Waals surface area contributed by atoms with E-state index in [1.807, 2.05) is 13.0 Å². The lowest BCUT2D eigenvalue weighted by molar-refractivity contribution is 0.0501. The van der Waals surface area contributed by atoms with Crippen molar-refractivity contribution in [2.24, 2.45) is 5.92 Å². The van der Waals surface area contributed by atoms with Crippen LogP contribution in [0.1, 0.15) is 67.8 Å². The van der Waals surface area contributed by atoms with Gasteiger partial charge in [0.25, 0.3) is 5.56 Å². The first-order valence-corrected chi connectivity index (χ1v) is 10.5. The smallest absolute Gasteiger partial charge is 0.263 e. The minimum atomic E-state index is -0.484. The van der Waals surface area contributed by atoms with Gasteiger partial charge in [-0.3, -0.25) is 4.79 Å². The number of rotatable bonds is 4. The van der Waals surface area contributed by atoms with Gasteiger partial charge in [0, 0.05) is 25.0 Å². The predicted octanol–water partition coefficient (Wildman–Crippen LogP) is 2.57. The van der Waals surface area contributed by atoms with Gasteiger partial charge < -0.3 is 9.72 Å². The first-order valence-electron chi connectivity index (χ1n) is 10.5. The van der Waals surface area contributed by atoms with Crippen LogP contribution in [0, 0.1) is 23.1 Å². The molecule has 0 spiro atoms. The molecular formula is C21H22FN7O2. The van der Waals surface area contributed by atoms with Crippen molar-refractivity contribution in [2.45, 2.75) is 50.5 Å². The van der Waals surface area contributed by atoms with Crippen LogP contribution in [-0.2, 0) is 4.74 Å². The maximum atomic E-state index is 13.2. The predicted molar refractivity (Wildman–Crippen MR) is 108 cm³/mol. The number of nitrogens with one attached hydrogen (secondary N) is 1. The van der Waals surface area contributed by atoms with Crippen LogP contribution < -0.4 is 5.56 Å². The van der Waals surface area contributed by atoms with E-state index < -0.39 is 5.82 Å². The minimum Gasteiger partial charge on any atom is -0.381 e. The Morgan fingerprint density at radius 3 is 2.58 bits per heavy atom. The minimum absolute atomic E-state index is 0.0201. The van der Waals surface area contributed by atoms with Crippen molar-refractivity contribution in [1.29, 1.82) is 5.26 Å². The first kappa shape index (κ1) is 19.8. The summed E-state index contributed by atoms with van der Waals surface area (Å²) >= 11 is 0. The molecule has 2 fully saturated rings. The average Bonchev–Trinajstić information content (AvgIpc) is 3.14. The average molecular weight is 423 g/mol. The van der Waals surface area contributed by atoms with E-state index in [0.29, 0.717) is 36.4 Å². The molecule has 1 aliphatic heterocycles. The molecule has 1 N–H and O–H groups in total. The van der Waals surface area contributed by atoms with Crippen molar-refractivity contribution in [3.63, 3.8) is 0 Å². The number of nitrogens with zero attached hydrogens (tertiary/aromatic N) is 6. The lowest BCUT2D eigenvalue weighted by Crippen LogP contribution is -2.28. The molecule has 0 bridgehead atoms. The van der Waals surface area contributed by atoms with Crippen molar-refractivity contribution in [3.8, 4) is 6.07 Å². The van der Waals surface area contributed by atoms with Gasteiger partial charge in [-0.25, -0.2) is 24.0 Å². The van der Waals surface area contributed by atoms with Gasteiger partial charge in [-0.05, 0) is 38.5 Å². The molecule has 3 aromatic heterocycles. The van der Waals surface area contributed by atoms with E-state index in [1.165, 1.54) is 0 Å². The number of hydrogen-bond donors (Lipinski definition) is 1. The second kappa shape index (κ2) is 7.81. The Labute approximate surface area is 177 Å². The second-order valence-electron chi connectivity index (χ2n) is 8.29. The van der Waals surface area contributed by atoms with Gasteiger partial charge in [0.05, 0.1) is 18.4 Å². The van der Waals surface area contributed by atoms with Crippen molar-refractivity contribution in [3.05, 3.63) is 45.9 Å². The van der Waals surface area contributed by atoms with Crippen LogP contribution in [0.25, 0.3) is 11.0 Å². The van der Waals surface area contributed by atoms with E-state index in [2.05, 4.69) is 20.1 Å². The molecule has 1 saturated heterocycles. The quantitative estimate of drug-likeness (QED) is 0.684. The van der Waals surface area contributed by atoms with Crippen LogP contribution in [0.2, 0.25) is 0 Å². The van der Waals surface area contributed by atoms with E-state index in [1.54, 1.807) is 4.68 Å². The number of hydrogen-bond acceptors (Lipinski definition) is 7. The molecule has 1 aliphatic carbocycles. The summed E-state index contributed by atoms with van der Waals surface area (Å²) in [6.45, 7) is 3.44. The highest BCUT2D eigenvalue weighted by atomic mass is 19.1. The topological polar surface area (TPSA) is 122 Å². The highest BCUT2D eigenvalue weighted by molar-refractivity contribution is 5.80. The van der Waals surface area contributed by atoms with E-state index in [0.717, 1.165) is 38.1 Å². The molecule has 5 rings (SSSR count). The maximum absolute atomic E-state index is 13.2. The Balaban J connectivity index is 1.55. The summed E-state index contributed by atoms with van der Waals surface area (Å²) in [7, 11) is 0. The molecule has 160 valence electrons. The van der Waals surface area contributed by atoms with Gasteiger partial charge in [-0.2, -0.15) is 10.4 Å². The number of aromatic nitrogens is 6. The van der Waals surface area contributed by atoms with Gasteiger partial charge in [-0.15, -0.1) is 0 Å². The Bertz CT molecular complexity index is 1210. The molecule has 3 aromatic rings. The fraction of sp³-hybridized carbons (Fsp3) is 0.524. The fourth-order valence-corrected chi connectivity index (χ4v) is 4.65. The molecule has 31 heavy (non-hydrogen) atoms. The number of H-pyrrole nitrogens is 1. The number of fused-ring (bicyclic) bond motifs is 1. The van der Waals surface area contributed by atoms with Gasteiger partial charge in [0.15, 0.2) is 17.2 Å². The molecular weight excluding hydrogens is 401 g/mol. The lowest BCUT2D eigenvalue weighted by atomic mass is 9.72. The SMILES string of the molecule is CC(C1CCOCC1)n1nc(C#N)c2c(=O)[nH]c(C3CCC3c3ncc(F)cn3)nc21. The molecule has 2 aliphatic rings. The zero-order chi connectivity index (χ0) is 21.5. The Morgan fingerprint density at radius 2 is 1.94 bits per heavy atom. The molecule has 3 unspecified atom stereocenters. The summed E-state index contributed by atoms with van der Waals surface area (Å²) in [5.41, 5.74) is 0.147. The third kappa shape index (κ3) is 3.39. The molecule has 9 nitrogen and oxygen atoms in total. The van der Waals surface area contributed by atoms with Gasteiger partial charge in [-0.1, -0.05) is 0 Å². The van der Waals surface area contributed by atoms with Gasteiger partial charge in [0.2, 0.25) is 0 Å². The van der Waals surface area contributed by atoms with Crippen LogP contribution in [0.15, 0.2) is 17.2 Å². The van der Waals surface area contributed by atoms with Gasteiger partial charge >= 0.3 is 0 Å². The molecule has 4 heterocycles. The molecule has 3 atom stereocenters. The van der Waals surface area contributed by atoms with Gasteiger partial charge in [0.1, 0.15) is 23.1 Å². The monoisotopic (exact) mass is 423 g/mol. The number of nitriles is 1. The van der Waals surface area contributed by atoms with Crippen molar-refractivity contribution < 1.29 is 9.13 Å². The highest BCUT2D eigenvalue weighted by Crippen LogP contribution is 2.46. The number of aromatic amines is 1. The van der Waals surface area contributed by atoms with Crippen LogP contribution in [0.3, 0.4) is 0 Å². The van der Waals surface area contributed by atoms with Crippen LogP contribution in [-0.4, -0.2) is 42.9 Å². The standard InChI is InChI=1S/C21H22FN7O2/c1-11(12-4-6-31-7-5-12)29-20-17(16(8-23)28-29)21(30)27-19(26-20)15-3-2-14(15)18-24-9-13(22)10-25-18/h9-12,14-15H,2-7H2,1H3,(H,26,27,30). The molecule has 1 saturated carbocycles. The first-order chi connectivity index (χ1) is 15.1. The van der Waals surface area contributed by atoms with Crippen molar-refractivity contribution >= 4 is 11.0 Å². The third-order valence-electron chi connectivity index (χ3n) is 6.62. The Kier molecular flexibility index (Phi) is 4.98. The zero-order valence-corrected chi connectivity index (χ0v) is 17.1. The summed E-state index contributed by atoms with van der Waals surface area (Å²) in [6, 6.07) is 2.01. The normalized spacial score (nSPS) is 22.7. The second-order valence-corrected chi connectivity index (χ2v) is 8.29. The molecule has 0 aromatic carbocycles. The van der Waals surface area contributed by atoms with E-state index in [9.17, 15) is 14.4 Å². The summed E-state index contributed by atoms with van der Waals surface area (Å²) in [5.74, 6) is 0.809. The number of halogens is 1. The van der Waals surface area contributed by atoms with Crippen LogP contribution in [0.4, 0.5) is 4.39 Å². The largest absolute Gasteiger partial charge is 0.381 e. The summed E-state index contributed by atoms with van der Waals surface area (Å²) in [4.78, 5) is 28.8. The maximum Gasteiger partial charge on any atom is 0.263 e. The number of ether oxygens (including phenoxy) is 1. The molecule has 0 amide bonds. The zero-order valence-electron chi connectivity index (χ0n) is 17.1. The van der Waals surface area contributed by atoms with Crippen LogP contribution in [0.5, 0.6) is 0 Å². The van der Waals surface area contributed by atoms with E-state index >= 15 is 0 Å². The van der Waals surface area contributed by atoms with E-state index in [-0.39, 0.29) is 34.5 Å². The Hall–Kier alpha value is -3.19. The van der Waals surface area contributed by atoms with E-state index in [4.69, 9.17) is 9.72 Å². The lowest BCUT2D eigenvalue weighted by Gasteiger charge is -2.34. The third-order valence-corrected chi connectivity index (χ3v) is 6.62. The fourth-order valence-electron chi connectivity index (χ4n) is 4.65. The van der Waals surface area contributed by atoms with Crippen molar-refractivity contribution in [2.75, 3.05) is 13.2 Å².